The molecule has 1 unspecified atom stereocenters. The van der Waals surface area contributed by atoms with Crippen LogP contribution in [0.2, 0.25) is 0 Å². The number of rotatable bonds is 1. The molecule has 3 nitrogen and oxygen atoms in total. The first kappa shape index (κ1) is 9.97. The number of fused-ring (bicyclic) bond motifs is 1. The Morgan fingerprint density at radius 1 is 1.27 bits per heavy atom. The van der Waals surface area contributed by atoms with E-state index in [1.54, 1.807) is 0 Å². The largest absolute Gasteiger partial charge is 0.480 e. The molecule has 0 bridgehead atoms. The van der Waals surface area contributed by atoms with Gasteiger partial charge in [0.25, 0.3) is 0 Å². The van der Waals surface area contributed by atoms with Crippen LogP contribution in [0.25, 0.3) is 0 Å². The maximum Gasteiger partial charge on any atom is 0.321 e. The summed E-state index contributed by atoms with van der Waals surface area (Å²) in [6.45, 7) is 0. The Morgan fingerprint density at radius 3 is 2.47 bits per heavy atom. The Morgan fingerprint density at radius 2 is 1.93 bits per heavy atom. The van der Waals surface area contributed by atoms with Gasteiger partial charge in [-0.25, -0.2) is 0 Å². The molecule has 3 fully saturated rings. The zero-order valence-electron chi connectivity index (χ0n) is 8.79. The number of hydrogen-bond acceptors (Lipinski definition) is 3. The standard InChI is InChI=1S/C11H17NO2S/c13-9(14)8-7-15-11(12-8)6-2-5-10(11)3-1-4-10/h8,12H,1-7H2,(H,13,14)/t8-,11?/m1/s1. The fourth-order valence-corrected chi connectivity index (χ4v) is 5.38. The van der Waals surface area contributed by atoms with Crippen molar-refractivity contribution < 1.29 is 9.90 Å². The van der Waals surface area contributed by atoms with Gasteiger partial charge in [-0.1, -0.05) is 12.8 Å². The number of nitrogens with one attached hydrogen (secondary N) is 1. The summed E-state index contributed by atoms with van der Waals surface area (Å²) in [7, 11) is 0. The van der Waals surface area contributed by atoms with E-state index in [0.717, 1.165) is 5.75 Å². The summed E-state index contributed by atoms with van der Waals surface area (Å²) in [5, 5.41) is 12.5. The van der Waals surface area contributed by atoms with Gasteiger partial charge in [-0.05, 0) is 31.1 Å². The summed E-state index contributed by atoms with van der Waals surface area (Å²) >= 11 is 1.88. The third kappa shape index (κ3) is 1.21. The van der Waals surface area contributed by atoms with Crippen molar-refractivity contribution >= 4 is 17.7 Å². The molecule has 4 heteroatoms. The van der Waals surface area contributed by atoms with Crippen LogP contribution in [-0.2, 0) is 4.79 Å². The second-order valence-electron chi connectivity index (χ2n) is 5.16. The third-order valence-electron chi connectivity index (χ3n) is 4.55. The van der Waals surface area contributed by atoms with Gasteiger partial charge in [-0.2, -0.15) is 0 Å². The Bertz CT molecular complexity index is 303. The molecular weight excluding hydrogens is 210 g/mol. The van der Waals surface area contributed by atoms with Crippen molar-refractivity contribution in [1.29, 1.82) is 0 Å². The minimum absolute atomic E-state index is 0.119. The Balaban J connectivity index is 1.83. The lowest BCUT2D eigenvalue weighted by Gasteiger charge is -2.50. The highest BCUT2D eigenvalue weighted by Crippen LogP contribution is 2.64. The molecule has 0 aromatic heterocycles. The Hall–Kier alpha value is -0.220. The van der Waals surface area contributed by atoms with Crippen LogP contribution >= 0.6 is 11.8 Å². The van der Waals surface area contributed by atoms with Crippen molar-refractivity contribution in [3.05, 3.63) is 0 Å². The van der Waals surface area contributed by atoms with Crippen LogP contribution in [0, 0.1) is 5.41 Å². The molecule has 1 saturated heterocycles. The van der Waals surface area contributed by atoms with Crippen molar-refractivity contribution in [3.63, 3.8) is 0 Å². The van der Waals surface area contributed by atoms with E-state index in [4.69, 9.17) is 5.11 Å². The number of carboxylic acids is 1. The summed E-state index contributed by atoms with van der Waals surface area (Å²) in [5.41, 5.74) is 0.446. The zero-order valence-corrected chi connectivity index (χ0v) is 9.61. The molecule has 3 rings (SSSR count). The zero-order chi connectivity index (χ0) is 10.5. The average molecular weight is 227 g/mol. The summed E-state index contributed by atoms with van der Waals surface area (Å²) < 4.78 is 0. The van der Waals surface area contributed by atoms with Crippen LogP contribution < -0.4 is 5.32 Å². The van der Waals surface area contributed by atoms with E-state index in [-0.39, 0.29) is 10.9 Å². The maximum absolute atomic E-state index is 11.0. The van der Waals surface area contributed by atoms with Crippen LogP contribution in [0.1, 0.15) is 38.5 Å². The summed E-state index contributed by atoms with van der Waals surface area (Å²) in [5.74, 6) is 0.0672. The van der Waals surface area contributed by atoms with Crippen LogP contribution in [0.3, 0.4) is 0 Å². The molecule has 2 spiro atoms. The molecule has 0 aromatic rings. The fourth-order valence-electron chi connectivity index (χ4n) is 3.57. The highest BCUT2D eigenvalue weighted by Gasteiger charge is 2.61. The van der Waals surface area contributed by atoms with Crippen LogP contribution in [0.5, 0.6) is 0 Å². The molecule has 0 amide bonds. The molecule has 2 N–H and O–H groups in total. The van der Waals surface area contributed by atoms with Gasteiger partial charge in [0, 0.05) is 5.75 Å². The molecule has 0 aromatic carbocycles. The van der Waals surface area contributed by atoms with Gasteiger partial charge in [-0.15, -0.1) is 11.8 Å². The molecule has 2 atom stereocenters. The van der Waals surface area contributed by atoms with Crippen molar-refractivity contribution in [1.82, 2.24) is 5.32 Å². The third-order valence-corrected chi connectivity index (χ3v) is 6.30. The summed E-state index contributed by atoms with van der Waals surface area (Å²) in [4.78, 5) is 11.1. The second kappa shape index (κ2) is 3.14. The SMILES string of the molecule is O=C(O)[C@H]1CSC2(CCCC23CCC3)N1. The number of thioether (sulfide) groups is 1. The fraction of sp³-hybridized carbons (Fsp3) is 0.909. The first-order valence-corrected chi connectivity index (χ1v) is 6.81. The first-order valence-electron chi connectivity index (χ1n) is 5.82. The predicted octanol–water partition coefficient (Wildman–Crippen LogP) is 1.83. The smallest absolute Gasteiger partial charge is 0.321 e. The molecule has 2 saturated carbocycles. The van der Waals surface area contributed by atoms with E-state index in [1.807, 2.05) is 11.8 Å². The second-order valence-corrected chi connectivity index (χ2v) is 6.48. The van der Waals surface area contributed by atoms with Crippen LogP contribution in [0.15, 0.2) is 0 Å². The Labute approximate surface area is 94.0 Å². The first-order chi connectivity index (χ1) is 7.18. The molecule has 84 valence electrons. The highest BCUT2D eigenvalue weighted by molar-refractivity contribution is 8.01. The minimum atomic E-state index is -0.680. The molecule has 0 radical (unpaired) electrons. The lowest BCUT2D eigenvalue weighted by Crippen LogP contribution is -2.55. The van der Waals surface area contributed by atoms with Crippen molar-refractivity contribution in [3.8, 4) is 0 Å². The van der Waals surface area contributed by atoms with Gasteiger partial charge >= 0.3 is 5.97 Å². The van der Waals surface area contributed by atoms with E-state index < -0.39 is 5.97 Å². The number of hydrogen-bond donors (Lipinski definition) is 2. The van der Waals surface area contributed by atoms with E-state index >= 15 is 0 Å². The number of carbonyl (C=O) groups is 1. The molecular formula is C11H17NO2S. The van der Waals surface area contributed by atoms with Gasteiger partial charge in [0.05, 0.1) is 4.87 Å². The van der Waals surface area contributed by atoms with E-state index in [9.17, 15) is 4.79 Å². The van der Waals surface area contributed by atoms with Crippen molar-refractivity contribution in [2.75, 3.05) is 5.75 Å². The number of aliphatic carboxylic acids is 1. The number of carboxylic acid groups (broad SMARTS) is 1. The molecule has 2 aliphatic carbocycles. The highest BCUT2D eigenvalue weighted by atomic mass is 32.2. The van der Waals surface area contributed by atoms with Gasteiger partial charge in [-0.3, -0.25) is 10.1 Å². The molecule has 1 heterocycles. The summed E-state index contributed by atoms with van der Waals surface area (Å²) in [6, 6.07) is -0.314. The van der Waals surface area contributed by atoms with Crippen molar-refractivity contribution in [2.45, 2.75) is 49.4 Å². The summed E-state index contributed by atoms with van der Waals surface area (Å²) in [6.07, 6.45) is 7.69. The van der Waals surface area contributed by atoms with E-state index in [0.29, 0.717) is 5.41 Å². The van der Waals surface area contributed by atoms with Gasteiger partial charge in [0.15, 0.2) is 0 Å². The molecule has 1 aliphatic heterocycles. The average Bonchev–Trinajstić information content (AvgIpc) is 2.70. The van der Waals surface area contributed by atoms with Gasteiger partial charge in [0.2, 0.25) is 0 Å². The van der Waals surface area contributed by atoms with E-state index in [2.05, 4.69) is 5.32 Å². The van der Waals surface area contributed by atoms with E-state index in [1.165, 1.54) is 38.5 Å². The monoisotopic (exact) mass is 227 g/mol. The van der Waals surface area contributed by atoms with Gasteiger partial charge < -0.3 is 5.11 Å². The lowest BCUT2D eigenvalue weighted by molar-refractivity contribution is -0.139. The normalized spacial score (nSPS) is 42.3. The molecule has 15 heavy (non-hydrogen) atoms. The van der Waals surface area contributed by atoms with Crippen molar-refractivity contribution in [2.24, 2.45) is 5.41 Å². The predicted molar refractivity (Wildman–Crippen MR) is 59.9 cm³/mol. The maximum atomic E-state index is 11.0. The van der Waals surface area contributed by atoms with Gasteiger partial charge in [0.1, 0.15) is 6.04 Å². The minimum Gasteiger partial charge on any atom is -0.480 e. The molecule has 3 aliphatic rings. The van der Waals surface area contributed by atoms with Crippen LogP contribution in [-0.4, -0.2) is 27.7 Å². The van der Waals surface area contributed by atoms with Crippen LogP contribution in [0.4, 0.5) is 0 Å². The Kier molecular flexibility index (Phi) is 2.09. The quantitative estimate of drug-likeness (QED) is 0.717. The lowest BCUT2D eigenvalue weighted by atomic mass is 9.65. The topological polar surface area (TPSA) is 49.3 Å².